The Balaban J connectivity index is 2.42. The van der Waals surface area contributed by atoms with Crippen molar-refractivity contribution < 1.29 is 27.1 Å². The van der Waals surface area contributed by atoms with Gasteiger partial charge in [-0.05, 0) is 48.4 Å². The van der Waals surface area contributed by atoms with E-state index in [1.165, 1.54) is 31.2 Å². The lowest BCUT2D eigenvalue weighted by molar-refractivity contribution is -0.140. The average molecular weight is 466 g/mol. The number of nitrogens with zero attached hydrogens (tertiary/aromatic N) is 2. The maximum atomic E-state index is 13.4. The Bertz CT molecular complexity index is 1040. The lowest BCUT2D eigenvalue weighted by atomic mass is 10.1. The van der Waals surface area contributed by atoms with E-state index in [1.54, 1.807) is 31.2 Å². The topological polar surface area (TPSA) is 96.0 Å². The number of nitrogens with one attached hydrogen (secondary N) is 1. The molecule has 0 aliphatic rings. The smallest absolute Gasteiger partial charge is 0.244 e. The fourth-order valence-corrected chi connectivity index (χ4v) is 4.12. The number of amides is 2. The van der Waals surface area contributed by atoms with Crippen LogP contribution in [-0.2, 0) is 26.2 Å². The van der Waals surface area contributed by atoms with Crippen LogP contribution in [0.5, 0.6) is 5.75 Å². The van der Waals surface area contributed by atoms with Crippen molar-refractivity contribution >= 4 is 27.5 Å². The Morgan fingerprint density at radius 1 is 1.16 bits per heavy atom. The maximum Gasteiger partial charge on any atom is 0.244 e. The minimum Gasteiger partial charge on any atom is -0.497 e. The van der Waals surface area contributed by atoms with Crippen LogP contribution >= 0.6 is 0 Å². The molecule has 32 heavy (non-hydrogen) atoms. The number of anilines is 1. The van der Waals surface area contributed by atoms with Crippen LogP contribution in [0.2, 0.25) is 0 Å². The molecule has 0 radical (unpaired) electrons. The van der Waals surface area contributed by atoms with Crippen LogP contribution in [0.25, 0.3) is 0 Å². The molecule has 0 bridgehead atoms. The SMILES string of the molecule is CC[C@H](C(=O)NC)N(Cc1cccc(OC)c1)C(=O)CN(c1ccc(F)cc1)S(C)(=O)=O. The van der Waals surface area contributed by atoms with Gasteiger partial charge in [0.05, 0.1) is 19.1 Å². The van der Waals surface area contributed by atoms with Gasteiger partial charge in [0.15, 0.2) is 0 Å². The van der Waals surface area contributed by atoms with Gasteiger partial charge >= 0.3 is 0 Å². The summed E-state index contributed by atoms with van der Waals surface area (Å²) in [5.74, 6) is -0.875. The maximum absolute atomic E-state index is 13.4. The quantitative estimate of drug-likeness (QED) is 0.580. The first-order valence-corrected chi connectivity index (χ1v) is 11.8. The normalized spacial score (nSPS) is 12.0. The molecule has 1 N–H and O–H groups in total. The molecular weight excluding hydrogens is 437 g/mol. The first-order chi connectivity index (χ1) is 15.1. The van der Waals surface area contributed by atoms with Gasteiger partial charge in [-0.2, -0.15) is 0 Å². The Hall–Kier alpha value is -3.14. The van der Waals surface area contributed by atoms with Gasteiger partial charge < -0.3 is 15.0 Å². The summed E-state index contributed by atoms with van der Waals surface area (Å²) in [5, 5.41) is 2.55. The van der Waals surface area contributed by atoms with E-state index in [0.717, 1.165) is 22.7 Å². The average Bonchev–Trinajstić information content (AvgIpc) is 2.77. The highest BCUT2D eigenvalue weighted by Gasteiger charge is 2.31. The molecule has 8 nitrogen and oxygen atoms in total. The second kappa shape index (κ2) is 10.9. The second-order valence-electron chi connectivity index (χ2n) is 7.16. The lowest BCUT2D eigenvalue weighted by Gasteiger charge is -2.32. The second-order valence-corrected chi connectivity index (χ2v) is 9.06. The van der Waals surface area contributed by atoms with Crippen molar-refractivity contribution in [1.29, 1.82) is 0 Å². The van der Waals surface area contributed by atoms with Crippen molar-refractivity contribution in [1.82, 2.24) is 10.2 Å². The summed E-state index contributed by atoms with van der Waals surface area (Å²) in [6, 6.07) is 11.0. The van der Waals surface area contributed by atoms with Crippen molar-refractivity contribution in [3.63, 3.8) is 0 Å². The molecule has 0 spiro atoms. The van der Waals surface area contributed by atoms with Crippen molar-refractivity contribution in [2.75, 3.05) is 31.3 Å². The fraction of sp³-hybridized carbons (Fsp3) is 0.364. The van der Waals surface area contributed by atoms with E-state index < -0.39 is 34.3 Å². The molecule has 1 atom stereocenters. The van der Waals surface area contributed by atoms with Crippen LogP contribution in [0.4, 0.5) is 10.1 Å². The Kier molecular flexibility index (Phi) is 8.59. The van der Waals surface area contributed by atoms with E-state index >= 15 is 0 Å². The molecule has 0 saturated carbocycles. The van der Waals surface area contributed by atoms with Gasteiger partial charge in [-0.15, -0.1) is 0 Å². The number of carbonyl (C=O) groups is 2. The van der Waals surface area contributed by atoms with E-state index in [-0.39, 0.29) is 18.1 Å². The van der Waals surface area contributed by atoms with Crippen molar-refractivity contribution in [3.05, 3.63) is 59.9 Å². The van der Waals surface area contributed by atoms with Crippen molar-refractivity contribution in [3.8, 4) is 5.75 Å². The van der Waals surface area contributed by atoms with Gasteiger partial charge in [0.2, 0.25) is 21.8 Å². The lowest BCUT2D eigenvalue weighted by Crippen LogP contribution is -2.51. The summed E-state index contributed by atoms with van der Waals surface area (Å²) in [5.41, 5.74) is 0.865. The monoisotopic (exact) mass is 465 g/mol. The molecule has 2 rings (SSSR count). The molecule has 0 aromatic heterocycles. The summed E-state index contributed by atoms with van der Waals surface area (Å²) in [6.07, 6.45) is 1.29. The molecule has 0 aliphatic heterocycles. The third-order valence-corrected chi connectivity index (χ3v) is 6.05. The summed E-state index contributed by atoms with van der Waals surface area (Å²) >= 11 is 0. The predicted octanol–water partition coefficient (Wildman–Crippen LogP) is 2.15. The van der Waals surface area contributed by atoms with Crippen LogP contribution in [-0.4, -0.2) is 58.1 Å². The number of halogens is 1. The number of methoxy groups -OCH3 is 1. The van der Waals surface area contributed by atoms with E-state index in [1.807, 2.05) is 0 Å². The van der Waals surface area contributed by atoms with Crippen molar-refractivity contribution in [2.45, 2.75) is 25.9 Å². The van der Waals surface area contributed by atoms with Crippen LogP contribution in [0, 0.1) is 5.82 Å². The first-order valence-electron chi connectivity index (χ1n) is 9.98. The van der Waals surface area contributed by atoms with Gasteiger partial charge in [0, 0.05) is 13.6 Å². The molecule has 0 unspecified atom stereocenters. The predicted molar refractivity (Wildman–Crippen MR) is 120 cm³/mol. The number of hydrogen-bond acceptors (Lipinski definition) is 5. The van der Waals surface area contributed by atoms with Crippen LogP contribution in [0.15, 0.2) is 48.5 Å². The number of sulfonamides is 1. The largest absolute Gasteiger partial charge is 0.497 e. The van der Waals surface area contributed by atoms with Crippen LogP contribution in [0.1, 0.15) is 18.9 Å². The third-order valence-electron chi connectivity index (χ3n) is 4.91. The molecule has 10 heteroatoms. The molecule has 0 aliphatic carbocycles. The number of rotatable bonds is 10. The molecule has 0 fully saturated rings. The van der Waals surface area contributed by atoms with E-state index in [9.17, 15) is 22.4 Å². The molecule has 2 amide bonds. The Labute approximate surface area is 188 Å². The minimum absolute atomic E-state index is 0.0724. The molecular formula is C22H28FN3O5S. The van der Waals surface area contributed by atoms with Gasteiger partial charge in [0.1, 0.15) is 24.2 Å². The summed E-state index contributed by atoms with van der Waals surface area (Å²) in [4.78, 5) is 27.2. The zero-order valence-electron chi connectivity index (χ0n) is 18.5. The highest BCUT2D eigenvalue weighted by Crippen LogP contribution is 2.21. The minimum atomic E-state index is -3.86. The highest BCUT2D eigenvalue weighted by atomic mass is 32.2. The summed E-state index contributed by atoms with van der Waals surface area (Å²) in [7, 11) is -0.864. The standard InChI is InChI=1S/C22H28FN3O5S/c1-5-20(22(28)24-2)25(14-16-7-6-8-19(13-16)31-3)21(27)15-26(32(4,29)30)18-11-9-17(23)10-12-18/h6-13,20H,5,14-15H2,1-4H3,(H,24,28)/t20-/m1/s1. The zero-order chi connectivity index (χ0) is 23.9. The van der Waals surface area contributed by atoms with Gasteiger partial charge in [0.25, 0.3) is 0 Å². The van der Waals surface area contributed by atoms with Gasteiger partial charge in [-0.3, -0.25) is 13.9 Å². The van der Waals surface area contributed by atoms with Crippen LogP contribution < -0.4 is 14.4 Å². The number of likely N-dealkylation sites (N-methyl/N-ethyl adjacent to an activating group) is 1. The number of carbonyl (C=O) groups excluding carboxylic acids is 2. The first kappa shape index (κ1) is 25.1. The summed E-state index contributed by atoms with van der Waals surface area (Å²) in [6.45, 7) is 1.30. The van der Waals surface area contributed by atoms with Gasteiger partial charge in [-0.1, -0.05) is 19.1 Å². The number of benzene rings is 2. The highest BCUT2D eigenvalue weighted by molar-refractivity contribution is 7.92. The number of ether oxygens (including phenoxy) is 1. The molecule has 2 aromatic carbocycles. The molecule has 0 saturated heterocycles. The molecule has 174 valence electrons. The summed E-state index contributed by atoms with van der Waals surface area (Å²) < 4.78 is 44.3. The Morgan fingerprint density at radius 3 is 2.34 bits per heavy atom. The van der Waals surface area contributed by atoms with Crippen molar-refractivity contribution in [2.24, 2.45) is 0 Å². The van der Waals surface area contributed by atoms with E-state index in [2.05, 4.69) is 5.32 Å². The van der Waals surface area contributed by atoms with Gasteiger partial charge in [-0.25, -0.2) is 12.8 Å². The van der Waals surface area contributed by atoms with E-state index in [0.29, 0.717) is 17.7 Å². The third kappa shape index (κ3) is 6.43. The van der Waals surface area contributed by atoms with Crippen LogP contribution in [0.3, 0.4) is 0 Å². The zero-order valence-corrected chi connectivity index (χ0v) is 19.4. The Morgan fingerprint density at radius 2 is 1.81 bits per heavy atom. The number of hydrogen-bond donors (Lipinski definition) is 1. The van der Waals surface area contributed by atoms with E-state index in [4.69, 9.17) is 4.74 Å². The molecule has 2 aromatic rings. The fourth-order valence-electron chi connectivity index (χ4n) is 3.27. The molecule has 0 heterocycles.